The van der Waals surface area contributed by atoms with E-state index in [1.165, 1.54) is 16.8 Å². The molecule has 0 atom stereocenters. The van der Waals surface area contributed by atoms with Crippen LogP contribution in [0.1, 0.15) is 28.2 Å². The van der Waals surface area contributed by atoms with Gasteiger partial charge in [0.25, 0.3) is 11.5 Å². The predicted molar refractivity (Wildman–Crippen MR) is 97.0 cm³/mol. The summed E-state index contributed by atoms with van der Waals surface area (Å²) in [5, 5.41) is 6.33. The number of carbonyl (C=O) groups excluding carboxylic acids is 1. The lowest BCUT2D eigenvalue weighted by Crippen LogP contribution is -2.34. The maximum Gasteiger partial charge on any atom is 0.274 e. The number of aromatic nitrogens is 2. The fourth-order valence-corrected chi connectivity index (χ4v) is 3.45. The number of amides is 1. The van der Waals surface area contributed by atoms with Crippen LogP contribution in [-0.4, -0.2) is 26.6 Å². The van der Waals surface area contributed by atoms with Crippen LogP contribution in [-0.2, 0) is 6.54 Å². The van der Waals surface area contributed by atoms with E-state index in [9.17, 15) is 9.59 Å². The molecule has 0 aliphatic heterocycles. The molecule has 0 saturated heterocycles. The highest BCUT2D eigenvalue weighted by atomic mass is 32.1. The van der Waals surface area contributed by atoms with Crippen molar-refractivity contribution < 1.29 is 4.79 Å². The molecule has 0 unspecified atom stereocenters. The first kappa shape index (κ1) is 15.8. The number of hydrogen-bond donors (Lipinski definition) is 0. The normalized spacial score (nSPS) is 13.6. The molecule has 6 heteroatoms. The van der Waals surface area contributed by atoms with Gasteiger partial charge in [0.1, 0.15) is 5.69 Å². The van der Waals surface area contributed by atoms with Gasteiger partial charge in [0.15, 0.2) is 0 Å². The molecule has 0 radical (unpaired) electrons. The van der Waals surface area contributed by atoms with E-state index in [1.807, 2.05) is 40.6 Å². The van der Waals surface area contributed by atoms with Crippen molar-refractivity contribution in [3.8, 4) is 5.69 Å². The van der Waals surface area contributed by atoms with Crippen LogP contribution < -0.4 is 5.56 Å². The van der Waals surface area contributed by atoms with Crippen LogP contribution in [0.3, 0.4) is 0 Å². The van der Waals surface area contributed by atoms with E-state index in [0.29, 0.717) is 17.9 Å². The highest BCUT2D eigenvalue weighted by Gasteiger charge is 2.34. The lowest BCUT2D eigenvalue weighted by Gasteiger charge is -2.21. The number of hydrogen-bond acceptors (Lipinski definition) is 4. The van der Waals surface area contributed by atoms with Crippen LogP contribution in [0.15, 0.2) is 64.8 Å². The van der Waals surface area contributed by atoms with Crippen LogP contribution in [0.4, 0.5) is 0 Å². The molecule has 1 fully saturated rings. The quantitative estimate of drug-likeness (QED) is 0.710. The van der Waals surface area contributed by atoms with Crippen molar-refractivity contribution in [2.45, 2.75) is 25.4 Å². The zero-order valence-electron chi connectivity index (χ0n) is 13.5. The second-order valence-electron chi connectivity index (χ2n) is 6.05. The number of rotatable bonds is 5. The van der Waals surface area contributed by atoms with Crippen LogP contribution in [0.2, 0.25) is 0 Å². The standard InChI is InChI=1S/C19H17N3O2S/c23-18-11-10-17(20-22(18)15-5-2-1-3-6-15)19(24)21(14-8-9-14)13-16-7-4-12-25-16/h1-7,10-12,14H,8-9,13H2. The van der Waals surface area contributed by atoms with Gasteiger partial charge < -0.3 is 4.90 Å². The lowest BCUT2D eigenvalue weighted by atomic mass is 10.3. The molecule has 3 aromatic rings. The Morgan fingerprint density at radius 2 is 1.92 bits per heavy atom. The van der Waals surface area contributed by atoms with Crippen molar-refractivity contribution in [1.82, 2.24) is 14.7 Å². The van der Waals surface area contributed by atoms with E-state index in [0.717, 1.165) is 17.7 Å². The molecule has 1 saturated carbocycles. The number of para-hydroxylation sites is 1. The van der Waals surface area contributed by atoms with Crippen LogP contribution >= 0.6 is 11.3 Å². The number of nitrogens with zero attached hydrogens (tertiary/aromatic N) is 3. The summed E-state index contributed by atoms with van der Waals surface area (Å²) in [5.74, 6) is -0.124. The van der Waals surface area contributed by atoms with Crippen molar-refractivity contribution >= 4 is 17.2 Å². The van der Waals surface area contributed by atoms with Crippen LogP contribution in [0, 0.1) is 0 Å². The van der Waals surface area contributed by atoms with Gasteiger partial charge in [0.2, 0.25) is 0 Å². The molecule has 25 heavy (non-hydrogen) atoms. The first-order valence-corrected chi connectivity index (χ1v) is 9.09. The molecule has 0 spiro atoms. The Hall–Kier alpha value is -2.73. The maximum absolute atomic E-state index is 13.0. The zero-order valence-corrected chi connectivity index (χ0v) is 14.4. The van der Waals surface area contributed by atoms with Crippen LogP contribution in [0.25, 0.3) is 5.69 Å². The van der Waals surface area contributed by atoms with E-state index >= 15 is 0 Å². The first-order valence-electron chi connectivity index (χ1n) is 8.21. The number of thiophene rings is 1. The molecule has 126 valence electrons. The molecule has 2 aromatic heterocycles. The van der Waals surface area contributed by atoms with Crippen molar-refractivity contribution in [3.05, 3.63) is 80.9 Å². The Kier molecular flexibility index (Phi) is 4.19. The van der Waals surface area contributed by atoms with Gasteiger partial charge in [-0.15, -0.1) is 11.3 Å². The number of benzene rings is 1. The molecule has 0 N–H and O–H groups in total. The minimum absolute atomic E-state index is 0.124. The molecule has 2 heterocycles. The summed E-state index contributed by atoms with van der Waals surface area (Å²) in [6.45, 7) is 0.591. The molecule has 4 rings (SSSR count). The van der Waals surface area contributed by atoms with Gasteiger partial charge >= 0.3 is 0 Å². The minimum Gasteiger partial charge on any atom is -0.329 e. The minimum atomic E-state index is -0.251. The summed E-state index contributed by atoms with van der Waals surface area (Å²) in [5.41, 5.74) is 0.698. The summed E-state index contributed by atoms with van der Waals surface area (Å²) in [6.07, 6.45) is 2.05. The van der Waals surface area contributed by atoms with E-state index in [-0.39, 0.29) is 17.5 Å². The Bertz CT molecular complexity index is 931. The van der Waals surface area contributed by atoms with Gasteiger partial charge in [0.05, 0.1) is 12.2 Å². The van der Waals surface area contributed by atoms with E-state index in [1.54, 1.807) is 23.5 Å². The predicted octanol–water partition coefficient (Wildman–Crippen LogP) is 3.10. The summed E-state index contributed by atoms with van der Waals surface area (Å²) in [6, 6.07) is 16.4. The molecule has 1 aromatic carbocycles. The van der Waals surface area contributed by atoms with Gasteiger partial charge in [0, 0.05) is 17.0 Å². The topological polar surface area (TPSA) is 55.2 Å². The zero-order chi connectivity index (χ0) is 17.2. The molecular formula is C19H17N3O2S. The third kappa shape index (κ3) is 3.39. The summed E-state index contributed by atoms with van der Waals surface area (Å²) in [7, 11) is 0. The average molecular weight is 351 g/mol. The van der Waals surface area contributed by atoms with E-state index in [2.05, 4.69) is 5.10 Å². The Morgan fingerprint density at radius 3 is 2.60 bits per heavy atom. The van der Waals surface area contributed by atoms with Crippen molar-refractivity contribution in [3.63, 3.8) is 0 Å². The van der Waals surface area contributed by atoms with Crippen molar-refractivity contribution in [1.29, 1.82) is 0 Å². The molecule has 5 nitrogen and oxygen atoms in total. The lowest BCUT2D eigenvalue weighted by molar-refractivity contribution is 0.0723. The molecular weight excluding hydrogens is 334 g/mol. The van der Waals surface area contributed by atoms with Gasteiger partial charge in [-0.2, -0.15) is 9.78 Å². The highest BCUT2D eigenvalue weighted by Crippen LogP contribution is 2.30. The third-order valence-electron chi connectivity index (χ3n) is 4.17. The summed E-state index contributed by atoms with van der Waals surface area (Å²) >= 11 is 1.64. The second kappa shape index (κ2) is 6.64. The fourth-order valence-electron chi connectivity index (χ4n) is 2.75. The Balaban J connectivity index is 1.66. The van der Waals surface area contributed by atoms with Gasteiger partial charge in [-0.3, -0.25) is 9.59 Å². The van der Waals surface area contributed by atoms with Gasteiger partial charge in [-0.25, -0.2) is 0 Å². The van der Waals surface area contributed by atoms with Crippen molar-refractivity contribution in [2.75, 3.05) is 0 Å². The monoisotopic (exact) mass is 351 g/mol. The Morgan fingerprint density at radius 1 is 1.12 bits per heavy atom. The second-order valence-corrected chi connectivity index (χ2v) is 7.08. The van der Waals surface area contributed by atoms with Gasteiger partial charge in [-0.1, -0.05) is 24.3 Å². The SMILES string of the molecule is O=C(c1ccc(=O)n(-c2ccccc2)n1)N(Cc1cccs1)C1CC1. The van der Waals surface area contributed by atoms with Crippen molar-refractivity contribution in [2.24, 2.45) is 0 Å². The smallest absolute Gasteiger partial charge is 0.274 e. The molecule has 0 bridgehead atoms. The summed E-state index contributed by atoms with van der Waals surface area (Å²) < 4.78 is 1.28. The number of carbonyl (C=O) groups is 1. The van der Waals surface area contributed by atoms with Gasteiger partial charge in [-0.05, 0) is 42.5 Å². The molecule has 1 aliphatic carbocycles. The maximum atomic E-state index is 13.0. The van der Waals surface area contributed by atoms with Crippen LogP contribution in [0.5, 0.6) is 0 Å². The first-order chi connectivity index (χ1) is 12.2. The highest BCUT2D eigenvalue weighted by molar-refractivity contribution is 7.09. The third-order valence-corrected chi connectivity index (χ3v) is 5.04. The fraction of sp³-hybridized carbons (Fsp3) is 0.211. The summed E-state index contributed by atoms with van der Waals surface area (Å²) in [4.78, 5) is 28.2. The van der Waals surface area contributed by atoms with E-state index < -0.39 is 0 Å². The molecule has 1 amide bonds. The largest absolute Gasteiger partial charge is 0.329 e. The average Bonchev–Trinajstić information content (AvgIpc) is 3.36. The Labute approximate surface area is 149 Å². The molecule has 1 aliphatic rings. The van der Waals surface area contributed by atoms with E-state index in [4.69, 9.17) is 0 Å².